The highest BCUT2D eigenvalue weighted by molar-refractivity contribution is 5.98. The Morgan fingerprint density at radius 3 is 2.38 bits per heavy atom. The molecule has 0 unspecified atom stereocenters. The molecule has 1 aromatic carbocycles. The average molecular weight is 518 g/mol. The summed E-state index contributed by atoms with van der Waals surface area (Å²) in [7, 11) is 1.34. The highest BCUT2D eigenvalue weighted by atomic mass is 19.4. The maximum Gasteiger partial charge on any atom is 0.433 e. The lowest BCUT2D eigenvalue weighted by Gasteiger charge is -2.38. The van der Waals surface area contributed by atoms with Crippen molar-refractivity contribution in [2.75, 3.05) is 33.3 Å². The third-order valence-electron chi connectivity index (χ3n) is 6.98. The number of oxazole rings is 1. The molecule has 1 saturated heterocycles. The zero-order valence-corrected chi connectivity index (χ0v) is 20.2. The van der Waals surface area contributed by atoms with Crippen molar-refractivity contribution in [2.45, 2.75) is 32.0 Å². The van der Waals surface area contributed by atoms with Crippen molar-refractivity contribution in [1.29, 1.82) is 0 Å². The Balaban J connectivity index is 1.42. The summed E-state index contributed by atoms with van der Waals surface area (Å²) in [4.78, 5) is 37.4. The first-order valence-corrected chi connectivity index (χ1v) is 12.0. The molecule has 2 aliphatic rings. The van der Waals surface area contributed by atoms with E-state index in [4.69, 9.17) is 14.9 Å². The number of halogens is 3. The van der Waals surface area contributed by atoms with Crippen molar-refractivity contribution in [1.82, 2.24) is 19.8 Å². The van der Waals surface area contributed by atoms with Gasteiger partial charge in [-0.05, 0) is 37.1 Å². The fraction of sp³-hybridized carbons (Fsp3) is 0.440. The Morgan fingerprint density at radius 1 is 1.08 bits per heavy atom. The summed E-state index contributed by atoms with van der Waals surface area (Å²) < 4.78 is 50.8. The van der Waals surface area contributed by atoms with Gasteiger partial charge in [0.2, 0.25) is 11.8 Å². The number of amides is 2. The minimum Gasteiger partial charge on any atom is -0.494 e. The maximum absolute atomic E-state index is 13.3. The summed E-state index contributed by atoms with van der Waals surface area (Å²) >= 11 is 0. The van der Waals surface area contributed by atoms with Gasteiger partial charge in [-0.3, -0.25) is 9.59 Å². The molecule has 2 N–H and O–H groups in total. The largest absolute Gasteiger partial charge is 0.494 e. The van der Waals surface area contributed by atoms with Crippen molar-refractivity contribution in [3.05, 3.63) is 41.4 Å². The third kappa shape index (κ3) is 4.61. The predicted octanol–water partition coefficient (Wildman–Crippen LogP) is 3.46. The number of fused-ring (bicyclic) bond motifs is 1. The lowest BCUT2D eigenvalue weighted by molar-refractivity contribution is -0.141. The van der Waals surface area contributed by atoms with E-state index in [0.29, 0.717) is 37.1 Å². The van der Waals surface area contributed by atoms with Crippen molar-refractivity contribution in [2.24, 2.45) is 11.7 Å². The summed E-state index contributed by atoms with van der Waals surface area (Å²) in [5.41, 5.74) is 5.16. The highest BCUT2D eigenvalue weighted by Gasteiger charge is 2.35. The SMILES string of the molecule is COc1ccc(-c2nc(C(=O)N3CCN(C(=O)C4CCC4)CC3)c(CN)o2)c2ccc(C(F)(F)F)nc12. The monoisotopic (exact) mass is 517 g/mol. The second-order valence-corrected chi connectivity index (χ2v) is 9.15. The number of nitrogens with zero attached hydrogens (tertiary/aromatic N) is 4. The van der Waals surface area contributed by atoms with E-state index >= 15 is 0 Å². The Hall–Kier alpha value is -3.67. The molecule has 37 heavy (non-hydrogen) atoms. The van der Waals surface area contributed by atoms with E-state index in [2.05, 4.69) is 9.97 Å². The number of alkyl halides is 3. The number of nitrogens with two attached hydrogens (primary N) is 1. The first-order valence-electron chi connectivity index (χ1n) is 12.0. The van der Waals surface area contributed by atoms with Gasteiger partial charge in [-0.2, -0.15) is 13.2 Å². The number of carbonyl (C=O) groups is 2. The third-order valence-corrected chi connectivity index (χ3v) is 6.98. The van der Waals surface area contributed by atoms with Crippen LogP contribution in [0.25, 0.3) is 22.4 Å². The number of rotatable bonds is 5. The van der Waals surface area contributed by atoms with Gasteiger partial charge in [0.05, 0.1) is 13.7 Å². The lowest BCUT2D eigenvalue weighted by atomic mass is 9.84. The Labute approximate surface area is 210 Å². The average Bonchev–Trinajstić information content (AvgIpc) is 3.30. The lowest BCUT2D eigenvalue weighted by Crippen LogP contribution is -2.52. The molecular formula is C25H26F3N5O4. The quantitative estimate of drug-likeness (QED) is 0.551. The standard InChI is InChI=1S/C25H26F3N5O4/c1-36-17-7-5-16(15-6-8-19(25(26,27)28)30-20(15)17)22-31-21(18(13-29)37-22)24(35)33-11-9-32(10-12-33)23(34)14-3-2-4-14/h5-8,14H,2-4,9-13,29H2,1H3. The van der Waals surface area contributed by atoms with Crippen LogP contribution in [0.3, 0.4) is 0 Å². The van der Waals surface area contributed by atoms with Crippen LogP contribution in [-0.2, 0) is 17.5 Å². The minimum atomic E-state index is -4.63. The molecular weight excluding hydrogens is 491 g/mol. The maximum atomic E-state index is 13.3. The van der Waals surface area contributed by atoms with E-state index in [1.54, 1.807) is 15.9 Å². The van der Waals surface area contributed by atoms with Crippen LogP contribution in [0.4, 0.5) is 13.2 Å². The molecule has 0 atom stereocenters. The topological polar surface area (TPSA) is 115 Å². The van der Waals surface area contributed by atoms with E-state index < -0.39 is 11.9 Å². The van der Waals surface area contributed by atoms with Crippen LogP contribution >= 0.6 is 0 Å². The second-order valence-electron chi connectivity index (χ2n) is 9.15. The summed E-state index contributed by atoms with van der Waals surface area (Å²) in [6.45, 7) is 1.51. The summed E-state index contributed by atoms with van der Waals surface area (Å²) in [5.74, 6) is 0.236. The van der Waals surface area contributed by atoms with E-state index in [1.165, 1.54) is 19.2 Å². The predicted molar refractivity (Wildman–Crippen MR) is 127 cm³/mol. The number of piperazine rings is 1. The number of carbonyl (C=O) groups excluding carboxylic acids is 2. The van der Waals surface area contributed by atoms with Crippen LogP contribution in [0.1, 0.15) is 41.2 Å². The molecule has 3 aromatic rings. The number of ether oxygens (including phenoxy) is 1. The van der Waals surface area contributed by atoms with Crippen LogP contribution in [0.2, 0.25) is 0 Å². The van der Waals surface area contributed by atoms with Crippen molar-refractivity contribution >= 4 is 22.7 Å². The molecule has 1 saturated carbocycles. The number of hydrogen-bond donors (Lipinski definition) is 1. The molecule has 0 radical (unpaired) electrons. The number of hydrogen-bond acceptors (Lipinski definition) is 7. The van der Waals surface area contributed by atoms with Crippen LogP contribution in [-0.4, -0.2) is 64.9 Å². The van der Waals surface area contributed by atoms with Crippen molar-refractivity contribution < 1.29 is 31.9 Å². The van der Waals surface area contributed by atoms with Crippen molar-refractivity contribution in [3.8, 4) is 17.2 Å². The molecule has 0 bridgehead atoms. The van der Waals surface area contributed by atoms with Gasteiger partial charge in [-0.1, -0.05) is 6.42 Å². The smallest absolute Gasteiger partial charge is 0.433 e. The van der Waals surface area contributed by atoms with Gasteiger partial charge in [0, 0.05) is 43.0 Å². The summed E-state index contributed by atoms with van der Waals surface area (Å²) in [6, 6.07) is 5.20. The number of pyridine rings is 1. The molecule has 1 aliphatic carbocycles. The second kappa shape index (κ2) is 9.66. The minimum absolute atomic E-state index is 0.0116. The van der Waals surface area contributed by atoms with Gasteiger partial charge in [0.1, 0.15) is 17.0 Å². The zero-order valence-electron chi connectivity index (χ0n) is 20.2. The van der Waals surface area contributed by atoms with Crippen molar-refractivity contribution in [3.63, 3.8) is 0 Å². The van der Waals surface area contributed by atoms with Gasteiger partial charge in [0.25, 0.3) is 5.91 Å². The van der Waals surface area contributed by atoms with Crippen LogP contribution in [0.5, 0.6) is 5.75 Å². The molecule has 3 heterocycles. The molecule has 0 spiro atoms. The van der Waals surface area contributed by atoms with E-state index in [1.807, 2.05) is 0 Å². The number of benzene rings is 1. The molecule has 12 heteroatoms. The summed E-state index contributed by atoms with van der Waals surface area (Å²) in [6.07, 6.45) is -1.70. The normalized spacial score (nSPS) is 16.7. The molecule has 2 aromatic heterocycles. The molecule has 5 rings (SSSR count). The van der Waals surface area contributed by atoms with Crippen LogP contribution in [0, 0.1) is 5.92 Å². The Bertz CT molecular complexity index is 1340. The van der Waals surface area contributed by atoms with Gasteiger partial charge >= 0.3 is 6.18 Å². The molecule has 196 valence electrons. The van der Waals surface area contributed by atoms with Gasteiger partial charge in [-0.15, -0.1) is 0 Å². The summed E-state index contributed by atoms with van der Waals surface area (Å²) in [5, 5.41) is 0.319. The number of methoxy groups -OCH3 is 1. The van der Waals surface area contributed by atoms with Crippen LogP contribution in [0.15, 0.2) is 28.7 Å². The van der Waals surface area contributed by atoms with E-state index in [-0.39, 0.29) is 52.9 Å². The fourth-order valence-corrected chi connectivity index (χ4v) is 4.67. The molecule has 1 aliphatic heterocycles. The van der Waals surface area contributed by atoms with E-state index in [9.17, 15) is 22.8 Å². The Kier molecular flexibility index (Phi) is 6.52. The zero-order chi connectivity index (χ0) is 26.3. The van der Waals surface area contributed by atoms with Gasteiger partial charge < -0.3 is 24.7 Å². The van der Waals surface area contributed by atoms with Gasteiger partial charge in [0.15, 0.2) is 11.5 Å². The molecule has 2 amide bonds. The van der Waals surface area contributed by atoms with E-state index in [0.717, 1.165) is 25.3 Å². The Morgan fingerprint density at radius 2 is 1.78 bits per heavy atom. The fourth-order valence-electron chi connectivity index (χ4n) is 4.67. The first kappa shape index (κ1) is 25.0. The highest BCUT2D eigenvalue weighted by Crippen LogP contribution is 2.37. The first-order chi connectivity index (χ1) is 17.7. The number of aromatic nitrogens is 2. The van der Waals surface area contributed by atoms with Gasteiger partial charge in [-0.25, -0.2) is 9.97 Å². The molecule has 9 nitrogen and oxygen atoms in total. The molecule has 2 fully saturated rings. The van der Waals surface area contributed by atoms with Crippen LogP contribution < -0.4 is 10.5 Å².